The molecule has 1 aliphatic heterocycles. The summed E-state index contributed by atoms with van der Waals surface area (Å²) in [5.74, 6) is 0. The van der Waals surface area contributed by atoms with E-state index in [1.807, 2.05) is 6.07 Å². The molecule has 0 aliphatic carbocycles. The maximum absolute atomic E-state index is 6.04. The molecular formula is C17H26N4O. The summed E-state index contributed by atoms with van der Waals surface area (Å²) in [5, 5.41) is 0. The molecule has 1 atom stereocenters. The number of fused-ring (bicyclic) bond motifs is 1. The molecule has 120 valence electrons. The summed E-state index contributed by atoms with van der Waals surface area (Å²) in [6, 6.07) is 7.30. The van der Waals surface area contributed by atoms with Crippen LogP contribution in [-0.2, 0) is 6.42 Å². The van der Waals surface area contributed by atoms with E-state index >= 15 is 0 Å². The number of aryl methyl sites for hydroxylation is 1. The van der Waals surface area contributed by atoms with Crippen LogP contribution in [0, 0.1) is 0 Å². The number of hydrogen-bond acceptors (Lipinski definition) is 5. The zero-order valence-electron chi connectivity index (χ0n) is 13.6. The lowest BCUT2D eigenvalue weighted by atomic mass is 10.1. The van der Waals surface area contributed by atoms with Crippen LogP contribution in [0.25, 0.3) is 11.1 Å². The molecule has 2 N–H and O–H groups in total. The van der Waals surface area contributed by atoms with Crippen molar-refractivity contribution in [3.05, 3.63) is 23.8 Å². The molecule has 1 saturated heterocycles. The minimum atomic E-state index is 0.281. The van der Waals surface area contributed by atoms with E-state index in [9.17, 15) is 0 Å². The Bertz CT molecular complexity index is 616. The molecule has 0 saturated carbocycles. The van der Waals surface area contributed by atoms with E-state index in [4.69, 9.17) is 10.2 Å². The summed E-state index contributed by atoms with van der Waals surface area (Å²) in [4.78, 5) is 9.33. The third-order valence-corrected chi connectivity index (χ3v) is 4.51. The molecule has 0 amide bonds. The van der Waals surface area contributed by atoms with Crippen molar-refractivity contribution in [3.8, 4) is 0 Å². The maximum atomic E-state index is 6.04. The first kappa shape index (κ1) is 15.3. The van der Waals surface area contributed by atoms with Gasteiger partial charge in [0.05, 0.1) is 0 Å². The van der Waals surface area contributed by atoms with Gasteiger partial charge >= 0.3 is 0 Å². The standard InChI is InChI=1S/C17H26N4O/c1-3-13-5-6-16-15(11-13)19-17(22-16)21-9-7-20(8-10-21)12-14(18)4-2/h5-6,11,14H,3-4,7-10,12,18H2,1-2H3. The fourth-order valence-corrected chi connectivity index (χ4v) is 2.90. The van der Waals surface area contributed by atoms with Crippen LogP contribution in [0.3, 0.4) is 0 Å². The molecule has 3 rings (SSSR count). The molecule has 22 heavy (non-hydrogen) atoms. The van der Waals surface area contributed by atoms with Crippen LogP contribution < -0.4 is 10.6 Å². The minimum absolute atomic E-state index is 0.281. The van der Waals surface area contributed by atoms with Crippen molar-refractivity contribution in [2.75, 3.05) is 37.6 Å². The summed E-state index contributed by atoms with van der Waals surface area (Å²) in [5.41, 5.74) is 9.18. The number of benzene rings is 1. The normalized spacial score (nSPS) is 18.0. The van der Waals surface area contributed by atoms with Crippen LogP contribution in [0.2, 0.25) is 0 Å². The summed E-state index contributed by atoms with van der Waals surface area (Å²) in [7, 11) is 0. The maximum Gasteiger partial charge on any atom is 0.298 e. The molecule has 0 radical (unpaired) electrons. The molecule has 0 spiro atoms. The van der Waals surface area contributed by atoms with Crippen molar-refractivity contribution in [2.24, 2.45) is 5.73 Å². The van der Waals surface area contributed by atoms with Crippen LogP contribution in [0.4, 0.5) is 6.01 Å². The Kier molecular flexibility index (Phi) is 4.64. The average Bonchev–Trinajstić information content (AvgIpc) is 2.98. The van der Waals surface area contributed by atoms with E-state index in [0.717, 1.165) is 62.7 Å². The molecule has 2 aromatic rings. The Morgan fingerprint density at radius 1 is 1.23 bits per heavy atom. The second-order valence-corrected chi connectivity index (χ2v) is 6.11. The number of anilines is 1. The number of oxazole rings is 1. The first-order chi connectivity index (χ1) is 10.7. The van der Waals surface area contributed by atoms with Crippen molar-refractivity contribution in [1.82, 2.24) is 9.88 Å². The Morgan fingerprint density at radius 2 is 2.00 bits per heavy atom. The zero-order chi connectivity index (χ0) is 15.5. The van der Waals surface area contributed by atoms with Gasteiger partial charge in [-0.2, -0.15) is 4.98 Å². The van der Waals surface area contributed by atoms with Crippen LogP contribution in [0.15, 0.2) is 22.6 Å². The summed E-state index contributed by atoms with van der Waals surface area (Å²) < 4.78 is 5.92. The molecule has 1 fully saturated rings. The van der Waals surface area contributed by atoms with Crippen LogP contribution >= 0.6 is 0 Å². The highest BCUT2D eigenvalue weighted by atomic mass is 16.4. The lowest BCUT2D eigenvalue weighted by molar-refractivity contribution is 0.237. The van der Waals surface area contributed by atoms with Crippen LogP contribution in [0.5, 0.6) is 0 Å². The Labute approximate surface area is 132 Å². The van der Waals surface area contributed by atoms with E-state index in [-0.39, 0.29) is 6.04 Å². The van der Waals surface area contributed by atoms with E-state index in [2.05, 4.69) is 40.8 Å². The predicted octanol–water partition coefficient (Wildman–Crippen LogP) is 2.25. The minimum Gasteiger partial charge on any atom is -0.423 e. The molecule has 1 unspecified atom stereocenters. The van der Waals surface area contributed by atoms with Gasteiger partial charge in [-0.3, -0.25) is 4.90 Å². The van der Waals surface area contributed by atoms with E-state index in [1.54, 1.807) is 0 Å². The van der Waals surface area contributed by atoms with Gasteiger partial charge in [-0.1, -0.05) is 19.9 Å². The zero-order valence-corrected chi connectivity index (χ0v) is 13.6. The van der Waals surface area contributed by atoms with Gasteiger partial charge in [0.15, 0.2) is 5.58 Å². The topological polar surface area (TPSA) is 58.5 Å². The van der Waals surface area contributed by atoms with Gasteiger partial charge in [0, 0.05) is 38.8 Å². The summed E-state index contributed by atoms with van der Waals surface area (Å²) in [6.07, 6.45) is 2.06. The quantitative estimate of drug-likeness (QED) is 0.918. The number of rotatable bonds is 5. The first-order valence-electron chi connectivity index (χ1n) is 8.32. The van der Waals surface area contributed by atoms with E-state index in [1.165, 1.54) is 5.56 Å². The molecule has 2 heterocycles. The lowest BCUT2D eigenvalue weighted by Gasteiger charge is -2.34. The Morgan fingerprint density at radius 3 is 2.68 bits per heavy atom. The van der Waals surface area contributed by atoms with Gasteiger partial charge in [0.1, 0.15) is 5.52 Å². The predicted molar refractivity (Wildman–Crippen MR) is 90.3 cm³/mol. The largest absolute Gasteiger partial charge is 0.423 e. The molecule has 1 aromatic carbocycles. The second-order valence-electron chi connectivity index (χ2n) is 6.11. The Balaban J connectivity index is 1.66. The average molecular weight is 302 g/mol. The molecule has 1 aliphatic rings. The highest BCUT2D eigenvalue weighted by Gasteiger charge is 2.21. The second kappa shape index (κ2) is 6.67. The van der Waals surface area contributed by atoms with Gasteiger partial charge in [-0.05, 0) is 30.5 Å². The number of aromatic nitrogens is 1. The highest BCUT2D eigenvalue weighted by Crippen LogP contribution is 2.24. The summed E-state index contributed by atoms with van der Waals surface area (Å²) in [6.45, 7) is 9.22. The lowest BCUT2D eigenvalue weighted by Crippen LogP contribution is -2.49. The number of hydrogen-bond donors (Lipinski definition) is 1. The smallest absolute Gasteiger partial charge is 0.298 e. The molecule has 0 bridgehead atoms. The van der Waals surface area contributed by atoms with Crippen LogP contribution in [-0.4, -0.2) is 48.6 Å². The monoisotopic (exact) mass is 302 g/mol. The van der Waals surface area contributed by atoms with Gasteiger partial charge in [0.2, 0.25) is 0 Å². The fraction of sp³-hybridized carbons (Fsp3) is 0.588. The van der Waals surface area contributed by atoms with Gasteiger partial charge in [0.25, 0.3) is 6.01 Å². The molecule has 5 nitrogen and oxygen atoms in total. The van der Waals surface area contributed by atoms with E-state index in [0.29, 0.717) is 0 Å². The summed E-state index contributed by atoms with van der Waals surface area (Å²) >= 11 is 0. The Hall–Kier alpha value is -1.59. The SMILES string of the molecule is CCc1ccc2oc(N3CCN(CC(N)CC)CC3)nc2c1. The van der Waals surface area contributed by atoms with Gasteiger partial charge in [-0.25, -0.2) is 0 Å². The first-order valence-corrected chi connectivity index (χ1v) is 8.32. The van der Waals surface area contributed by atoms with Crippen molar-refractivity contribution in [2.45, 2.75) is 32.7 Å². The number of nitrogens with two attached hydrogens (primary N) is 1. The van der Waals surface area contributed by atoms with Crippen molar-refractivity contribution in [3.63, 3.8) is 0 Å². The van der Waals surface area contributed by atoms with Crippen molar-refractivity contribution >= 4 is 17.1 Å². The number of nitrogens with zero attached hydrogens (tertiary/aromatic N) is 3. The van der Waals surface area contributed by atoms with Gasteiger partial charge < -0.3 is 15.1 Å². The fourth-order valence-electron chi connectivity index (χ4n) is 2.90. The van der Waals surface area contributed by atoms with Gasteiger partial charge in [-0.15, -0.1) is 0 Å². The highest BCUT2D eigenvalue weighted by molar-refractivity contribution is 5.75. The van der Waals surface area contributed by atoms with Crippen molar-refractivity contribution < 1.29 is 4.42 Å². The molecule has 5 heteroatoms. The third-order valence-electron chi connectivity index (χ3n) is 4.51. The van der Waals surface area contributed by atoms with Crippen LogP contribution in [0.1, 0.15) is 25.8 Å². The molecule has 1 aromatic heterocycles. The number of piperazine rings is 1. The molecular weight excluding hydrogens is 276 g/mol. The van der Waals surface area contributed by atoms with E-state index < -0.39 is 0 Å². The van der Waals surface area contributed by atoms with Crippen molar-refractivity contribution in [1.29, 1.82) is 0 Å². The third kappa shape index (κ3) is 3.25.